The maximum Gasteiger partial charge on any atom is 0.335 e. The van der Waals surface area contributed by atoms with Crippen molar-refractivity contribution in [3.05, 3.63) is 34.3 Å². The van der Waals surface area contributed by atoms with E-state index in [1.54, 1.807) is 0 Å². The molecule has 0 radical (unpaired) electrons. The van der Waals surface area contributed by atoms with Crippen LogP contribution in [0.25, 0.3) is 0 Å². The molecule has 0 aliphatic carbocycles. The van der Waals surface area contributed by atoms with Crippen molar-refractivity contribution >= 4 is 27.9 Å². The maximum atomic E-state index is 9.77. The predicted molar refractivity (Wildman–Crippen MR) is 86.3 cm³/mol. The summed E-state index contributed by atoms with van der Waals surface area (Å²) in [6.45, 7) is 2.33. The first-order valence-corrected chi connectivity index (χ1v) is 7.90. The van der Waals surface area contributed by atoms with E-state index in [4.69, 9.17) is 20.4 Å². The van der Waals surface area contributed by atoms with Crippen LogP contribution in [0.1, 0.15) is 24.3 Å². The van der Waals surface area contributed by atoms with Crippen LogP contribution >= 0.6 is 15.9 Å². The van der Waals surface area contributed by atoms with Crippen molar-refractivity contribution in [3.63, 3.8) is 0 Å². The van der Waals surface area contributed by atoms with Gasteiger partial charge in [-0.05, 0) is 43.0 Å². The van der Waals surface area contributed by atoms with Crippen molar-refractivity contribution < 1.29 is 30.0 Å². The first-order valence-electron chi connectivity index (χ1n) is 7.11. The van der Waals surface area contributed by atoms with Crippen molar-refractivity contribution in [3.8, 4) is 0 Å². The lowest BCUT2D eigenvalue weighted by atomic mass is 9.92. The summed E-state index contributed by atoms with van der Waals surface area (Å²) in [6.07, 6.45) is -1.90. The van der Waals surface area contributed by atoms with E-state index >= 15 is 0 Å². The highest BCUT2D eigenvalue weighted by molar-refractivity contribution is 9.10. The summed E-state index contributed by atoms with van der Waals surface area (Å²) < 4.78 is 1.17. The van der Waals surface area contributed by atoms with E-state index in [2.05, 4.69) is 45.5 Å². The second-order valence-electron chi connectivity index (χ2n) is 5.16. The number of nitrogens with one attached hydrogen (secondary N) is 1. The molecule has 128 valence electrons. The molecule has 23 heavy (non-hydrogen) atoms. The average molecular weight is 390 g/mol. The molecule has 0 amide bonds. The van der Waals surface area contributed by atoms with Gasteiger partial charge >= 0.3 is 11.9 Å². The van der Waals surface area contributed by atoms with Gasteiger partial charge in [0, 0.05) is 11.0 Å². The molecule has 1 heterocycles. The maximum absolute atomic E-state index is 9.77. The Labute approximate surface area is 142 Å². The topological polar surface area (TPSA) is 127 Å². The Morgan fingerprint density at radius 3 is 2.00 bits per heavy atom. The van der Waals surface area contributed by atoms with Crippen LogP contribution in [0, 0.1) is 0 Å². The van der Waals surface area contributed by atoms with E-state index in [-0.39, 0.29) is 0 Å². The van der Waals surface area contributed by atoms with E-state index < -0.39 is 24.1 Å². The number of hydrogen-bond acceptors (Lipinski definition) is 5. The Balaban J connectivity index is 0.000000241. The summed E-state index contributed by atoms with van der Waals surface area (Å²) in [5.74, 6) is -2.81. The molecule has 3 atom stereocenters. The molecule has 1 aliphatic rings. The highest BCUT2D eigenvalue weighted by Gasteiger charge is 2.29. The number of hydrogen-bond donors (Lipinski definition) is 5. The van der Waals surface area contributed by atoms with Gasteiger partial charge in [-0.15, -0.1) is 0 Å². The molecule has 1 aromatic carbocycles. The van der Waals surface area contributed by atoms with Crippen LogP contribution in [0.3, 0.4) is 0 Å². The Morgan fingerprint density at radius 1 is 1.09 bits per heavy atom. The van der Waals surface area contributed by atoms with Crippen LogP contribution in [0.2, 0.25) is 0 Å². The van der Waals surface area contributed by atoms with E-state index in [0.29, 0.717) is 0 Å². The van der Waals surface area contributed by atoms with Crippen molar-refractivity contribution in [1.29, 1.82) is 0 Å². The van der Waals surface area contributed by atoms with E-state index in [1.165, 1.54) is 29.4 Å². The Hall–Kier alpha value is -1.48. The molecule has 5 N–H and O–H groups in total. The van der Waals surface area contributed by atoms with Crippen molar-refractivity contribution in [1.82, 2.24) is 5.32 Å². The molecule has 2 rings (SSSR count). The zero-order chi connectivity index (χ0) is 17.4. The highest BCUT2D eigenvalue weighted by atomic mass is 79.9. The fourth-order valence-electron chi connectivity index (χ4n) is 2.14. The summed E-state index contributed by atoms with van der Waals surface area (Å²) in [5, 5.41) is 36.0. The lowest BCUT2D eigenvalue weighted by Gasteiger charge is -2.22. The minimum atomic E-state index is -2.27. The molecule has 1 aliphatic heterocycles. The first kappa shape index (κ1) is 19.6. The Kier molecular flexibility index (Phi) is 8.18. The summed E-state index contributed by atoms with van der Waals surface area (Å²) in [5.41, 5.74) is 1.47. The fourth-order valence-corrected chi connectivity index (χ4v) is 2.41. The molecule has 0 bridgehead atoms. The third-order valence-corrected chi connectivity index (χ3v) is 3.97. The molecule has 0 spiro atoms. The number of carboxylic acid groups (broad SMARTS) is 2. The van der Waals surface area contributed by atoms with Gasteiger partial charge in [-0.2, -0.15) is 0 Å². The summed E-state index contributed by atoms with van der Waals surface area (Å²) in [6, 6.07) is 8.71. The van der Waals surface area contributed by atoms with Crippen molar-refractivity contribution in [2.45, 2.75) is 31.0 Å². The van der Waals surface area contributed by atoms with Crippen LogP contribution in [0.4, 0.5) is 0 Å². The summed E-state index contributed by atoms with van der Waals surface area (Å²) in [7, 11) is 0. The molecule has 8 heteroatoms. The van der Waals surface area contributed by atoms with Gasteiger partial charge in [0.05, 0.1) is 0 Å². The molecule has 0 aromatic heterocycles. The van der Waals surface area contributed by atoms with Gasteiger partial charge in [-0.1, -0.05) is 28.1 Å². The zero-order valence-electron chi connectivity index (χ0n) is 12.4. The van der Waals surface area contributed by atoms with Crippen LogP contribution in [0.5, 0.6) is 0 Å². The molecule has 0 unspecified atom stereocenters. The Morgan fingerprint density at radius 2 is 1.61 bits per heavy atom. The molecule has 7 nitrogen and oxygen atoms in total. The fraction of sp³-hybridized carbons (Fsp3) is 0.467. The first-order chi connectivity index (χ1) is 10.8. The number of piperidine rings is 1. The van der Waals surface area contributed by atoms with E-state index in [9.17, 15) is 9.59 Å². The van der Waals surface area contributed by atoms with Gasteiger partial charge in [0.1, 0.15) is 0 Å². The standard InChI is InChI=1S/C11H14BrN.C4H6O6/c12-11-5-3-9(4-6-11)10-2-1-7-13-8-10;5-1(3(7)8)2(6)4(9)10/h3-6,10,13H,1-2,7-8H2;1-2,5-6H,(H,7,8)(H,9,10)/t10-;1-,2-/m11/s1. The van der Waals surface area contributed by atoms with Gasteiger partial charge in [0.2, 0.25) is 0 Å². The number of aliphatic hydroxyl groups is 2. The Bertz CT molecular complexity index is 497. The largest absolute Gasteiger partial charge is 0.479 e. The van der Waals surface area contributed by atoms with Gasteiger partial charge in [0.25, 0.3) is 0 Å². The highest BCUT2D eigenvalue weighted by Crippen LogP contribution is 2.24. The van der Waals surface area contributed by atoms with Crippen LogP contribution < -0.4 is 5.32 Å². The number of benzene rings is 1. The summed E-state index contributed by atoms with van der Waals surface area (Å²) in [4.78, 5) is 19.5. The van der Waals surface area contributed by atoms with Gasteiger partial charge < -0.3 is 25.7 Å². The lowest BCUT2D eigenvalue weighted by molar-refractivity contribution is -0.165. The number of aliphatic hydroxyl groups excluding tert-OH is 2. The average Bonchev–Trinajstić information content (AvgIpc) is 2.55. The number of carbonyl (C=O) groups is 2. The minimum Gasteiger partial charge on any atom is -0.479 e. The number of halogens is 1. The second-order valence-corrected chi connectivity index (χ2v) is 6.08. The smallest absolute Gasteiger partial charge is 0.335 e. The molecule has 1 aromatic rings. The minimum absolute atomic E-state index is 0.724. The normalized spacial score (nSPS) is 19.9. The lowest BCUT2D eigenvalue weighted by Crippen LogP contribution is -2.39. The van der Waals surface area contributed by atoms with Gasteiger partial charge in [-0.25, -0.2) is 9.59 Å². The third-order valence-electron chi connectivity index (χ3n) is 3.44. The second kappa shape index (κ2) is 9.61. The van der Waals surface area contributed by atoms with E-state index in [0.717, 1.165) is 12.5 Å². The zero-order valence-corrected chi connectivity index (χ0v) is 13.9. The number of aliphatic carboxylic acids is 2. The third kappa shape index (κ3) is 6.66. The van der Waals surface area contributed by atoms with Crippen LogP contribution in [-0.4, -0.2) is 57.7 Å². The van der Waals surface area contributed by atoms with Gasteiger partial charge in [0.15, 0.2) is 12.2 Å². The molecule has 1 saturated heterocycles. The molecule has 1 fully saturated rings. The monoisotopic (exact) mass is 389 g/mol. The predicted octanol–water partition coefficient (Wildman–Crippen LogP) is 0.793. The van der Waals surface area contributed by atoms with Crippen LogP contribution in [-0.2, 0) is 9.59 Å². The van der Waals surface area contributed by atoms with E-state index in [1.807, 2.05) is 0 Å². The molecular formula is C15H20BrNO6. The van der Waals surface area contributed by atoms with Crippen LogP contribution in [0.15, 0.2) is 28.7 Å². The quantitative estimate of drug-likeness (QED) is 0.515. The number of carboxylic acids is 2. The molecule has 0 saturated carbocycles. The van der Waals surface area contributed by atoms with Gasteiger partial charge in [-0.3, -0.25) is 0 Å². The number of rotatable bonds is 4. The SMILES string of the molecule is Brc1ccc([C@@H]2CCCNC2)cc1.O=C(O)[C@H](O)[C@@H](O)C(=O)O. The van der Waals surface area contributed by atoms with Crippen molar-refractivity contribution in [2.24, 2.45) is 0 Å². The summed E-state index contributed by atoms with van der Waals surface area (Å²) >= 11 is 3.45. The van der Waals surface area contributed by atoms with Crippen molar-refractivity contribution in [2.75, 3.05) is 13.1 Å². The molecular weight excluding hydrogens is 370 g/mol.